The van der Waals surface area contributed by atoms with Gasteiger partial charge in [-0.25, -0.2) is 0 Å². The maximum absolute atomic E-state index is 9.82. The standard InChI is InChI=1S/C14H18O2/c1-11-6-5-9-13(11)10-16-14(15)12-7-3-2-4-8-12/h2-4,7-8,13-15H,1,5-6,9-10H2. The van der Waals surface area contributed by atoms with Gasteiger partial charge in [0.2, 0.25) is 0 Å². The van der Waals surface area contributed by atoms with Crippen LogP contribution in [0.3, 0.4) is 0 Å². The fraction of sp³-hybridized carbons (Fsp3) is 0.429. The Hall–Kier alpha value is -1.12. The van der Waals surface area contributed by atoms with Crippen LogP contribution in [-0.4, -0.2) is 11.7 Å². The van der Waals surface area contributed by atoms with Crippen LogP contribution in [0, 0.1) is 5.92 Å². The number of aliphatic hydroxyl groups is 1. The van der Waals surface area contributed by atoms with Gasteiger partial charge in [-0.2, -0.15) is 0 Å². The molecule has 16 heavy (non-hydrogen) atoms. The highest BCUT2D eigenvalue weighted by Gasteiger charge is 2.20. The molecule has 1 saturated carbocycles. The molecule has 0 spiro atoms. The van der Waals surface area contributed by atoms with Gasteiger partial charge in [-0.15, -0.1) is 0 Å². The molecule has 1 aromatic carbocycles. The molecule has 2 heteroatoms. The van der Waals surface area contributed by atoms with Crippen LogP contribution >= 0.6 is 0 Å². The summed E-state index contributed by atoms with van der Waals surface area (Å²) in [6, 6.07) is 9.46. The third kappa shape index (κ3) is 2.71. The first-order valence-electron chi connectivity index (χ1n) is 5.79. The summed E-state index contributed by atoms with van der Waals surface area (Å²) in [4.78, 5) is 0. The van der Waals surface area contributed by atoms with Gasteiger partial charge in [-0.3, -0.25) is 0 Å². The average Bonchev–Trinajstić information content (AvgIpc) is 2.73. The Bertz CT molecular complexity index is 345. The Labute approximate surface area is 96.6 Å². The summed E-state index contributed by atoms with van der Waals surface area (Å²) in [5.74, 6) is 0.429. The van der Waals surface area contributed by atoms with E-state index < -0.39 is 6.29 Å². The van der Waals surface area contributed by atoms with Crippen LogP contribution < -0.4 is 0 Å². The number of hydrogen-bond donors (Lipinski definition) is 1. The molecule has 2 nitrogen and oxygen atoms in total. The fourth-order valence-electron chi connectivity index (χ4n) is 2.11. The highest BCUT2D eigenvalue weighted by atomic mass is 16.6. The quantitative estimate of drug-likeness (QED) is 0.621. The van der Waals surface area contributed by atoms with Gasteiger partial charge in [-0.1, -0.05) is 42.5 Å². The maximum Gasteiger partial charge on any atom is 0.181 e. The Morgan fingerprint density at radius 3 is 2.75 bits per heavy atom. The van der Waals surface area contributed by atoms with Crippen molar-refractivity contribution in [1.82, 2.24) is 0 Å². The van der Waals surface area contributed by atoms with Gasteiger partial charge in [0.25, 0.3) is 0 Å². The molecule has 1 aliphatic carbocycles. The molecule has 0 heterocycles. The van der Waals surface area contributed by atoms with Crippen molar-refractivity contribution in [2.24, 2.45) is 5.92 Å². The van der Waals surface area contributed by atoms with Gasteiger partial charge < -0.3 is 9.84 Å². The Balaban J connectivity index is 1.84. The van der Waals surface area contributed by atoms with E-state index in [0.29, 0.717) is 12.5 Å². The number of hydrogen-bond acceptors (Lipinski definition) is 2. The van der Waals surface area contributed by atoms with Gasteiger partial charge >= 0.3 is 0 Å². The molecule has 1 aromatic rings. The fourth-order valence-corrected chi connectivity index (χ4v) is 2.11. The smallest absolute Gasteiger partial charge is 0.181 e. The van der Waals surface area contributed by atoms with Crippen LogP contribution in [0.5, 0.6) is 0 Å². The number of rotatable bonds is 4. The van der Waals surface area contributed by atoms with Crippen molar-refractivity contribution in [1.29, 1.82) is 0 Å². The van der Waals surface area contributed by atoms with Crippen LogP contribution in [0.25, 0.3) is 0 Å². The molecule has 0 aliphatic heterocycles. The van der Waals surface area contributed by atoms with Gasteiger partial charge in [0.1, 0.15) is 0 Å². The highest BCUT2D eigenvalue weighted by Crippen LogP contribution is 2.30. The van der Waals surface area contributed by atoms with E-state index in [-0.39, 0.29) is 0 Å². The molecule has 2 unspecified atom stereocenters. The van der Waals surface area contributed by atoms with E-state index in [2.05, 4.69) is 6.58 Å². The maximum atomic E-state index is 9.82. The van der Waals surface area contributed by atoms with E-state index in [1.165, 1.54) is 12.0 Å². The monoisotopic (exact) mass is 218 g/mol. The summed E-state index contributed by atoms with van der Waals surface area (Å²) in [6.07, 6.45) is 2.64. The van der Waals surface area contributed by atoms with E-state index >= 15 is 0 Å². The lowest BCUT2D eigenvalue weighted by Gasteiger charge is -2.16. The second-order valence-corrected chi connectivity index (χ2v) is 4.34. The highest BCUT2D eigenvalue weighted by molar-refractivity contribution is 5.15. The Kier molecular flexibility index (Phi) is 3.75. The minimum atomic E-state index is -0.811. The molecule has 0 amide bonds. The molecule has 86 valence electrons. The van der Waals surface area contributed by atoms with Gasteiger partial charge in [0.15, 0.2) is 6.29 Å². The number of aliphatic hydroxyl groups excluding tert-OH is 1. The molecule has 1 aliphatic rings. The lowest BCUT2D eigenvalue weighted by atomic mass is 10.1. The number of benzene rings is 1. The van der Waals surface area contributed by atoms with E-state index in [9.17, 15) is 5.11 Å². The summed E-state index contributed by atoms with van der Waals surface area (Å²) in [5.41, 5.74) is 2.08. The van der Waals surface area contributed by atoms with Crippen molar-refractivity contribution in [3.05, 3.63) is 48.0 Å². The molecule has 0 aromatic heterocycles. The molecule has 0 radical (unpaired) electrons. The molecular weight excluding hydrogens is 200 g/mol. The molecule has 0 bridgehead atoms. The SMILES string of the molecule is C=C1CCCC1COC(O)c1ccccc1. The van der Waals surface area contributed by atoms with E-state index in [1.54, 1.807) is 0 Å². The average molecular weight is 218 g/mol. The van der Waals surface area contributed by atoms with Gasteiger partial charge in [-0.05, 0) is 19.3 Å². The summed E-state index contributed by atoms with van der Waals surface area (Å²) < 4.78 is 5.48. The third-order valence-electron chi connectivity index (χ3n) is 3.17. The van der Waals surface area contributed by atoms with Gasteiger partial charge in [0, 0.05) is 11.5 Å². The lowest BCUT2D eigenvalue weighted by molar-refractivity contribution is -0.110. The Morgan fingerprint density at radius 1 is 1.38 bits per heavy atom. The number of ether oxygens (including phenoxy) is 1. The summed E-state index contributed by atoms with van der Waals surface area (Å²) in [7, 11) is 0. The second kappa shape index (κ2) is 5.28. The predicted molar refractivity (Wildman–Crippen MR) is 63.8 cm³/mol. The van der Waals surface area contributed by atoms with Crippen molar-refractivity contribution in [2.45, 2.75) is 25.6 Å². The van der Waals surface area contributed by atoms with E-state index in [4.69, 9.17) is 4.74 Å². The van der Waals surface area contributed by atoms with Crippen LogP contribution in [0.4, 0.5) is 0 Å². The molecular formula is C14H18O2. The van der Waals surface area contributed by atoms with Crippen LogP contribution in [0.15, 0.2) is 42.5 Å². The summed E-state index contributed by atoms with van der Waals surface area (Å²) >= 11 is 0. The van der Waals surface area contributed by atoms with Crippen molar-refractivity contribution < 1.29 is 9.84 Å². The first kappa shape index (κ1) is 11.4. The van der Waals surface area contributed by atoms with Crippen LogP contribution in [-0.2, 0) is 4.74 Å². The minimum Gasteiger partial charge on any atom is -0.364 e. The van der Waals surface area contributed by atoms with E-state index in [0.717, 1.165) is 18.4 Å². The minimum absolute atomic E-state index is 0.429. The first-order chi connectivity index (χ1) is 7.77. The molecule has 1 fully saturated rings. The lowest BCUT2D eigenvalue weighted by Crippen LogP contribution is -2.11. The second-order valence-electron chi connectivity index (χ2n) is 4.34. The summed E-state index contributed by atoms with van der Waals surface area (Å²) in [5, 5.41) is 9.82. The first-order valence-corrected chi connectivity index (χ1v) is 5.79. The summed E-state index contributed by atoms with van der Waals surface area (Å²) in [6.45, 7) is 4.60. The largest absolute Gasteiger partial charge is 0.364 e. The van der Waals surface area contributed by atoms with Crippen molar-refractivity contribution >= 4 is 0 Å². The van der Waals surface area contributed by atoms with Crippen molar-refractivity contribution in [3.8, 4) is 0 Å². The molecule has 1 N–H and O–H groups in total. The molecule has 2 rings (SSSR count). The topological polar surface area (TPSA) is 29.5 Å². The zero-order chi connectivity index (χ0) is 11.4. The van der Waals surface area contributed by atoms with Crippen LogP contribution in [0.1, 0.15) is 31.1 Å². The van der Waals surface area contributed by atoms with Crippen LogP contribution in [0.2, 0.25) is 0 Å². The van der Waals surface area contributed by atoms with Gasteiger partial charge in [0.05, 0.1) is 6.61 Å². The third-order valence-corrected chi connectivity index (χ3v) is 3.17. The normalized spacial score (nSPS) is 22.3. The Morgan fingerprint density at radius 2 is 2.12 bits per heavy atom. The molecule has 0 saturated heterocycles. The van der Waals surface area contributed by atoms with E-state index in [1.807, 2.05) is 30.3 Å². The zero-order valence-corrected chi connectivity index (χ0v) is 9.43. The zero-order valence-electron chi connectivity index (χ0n) is 9.43. The van der Waals surface area contributed by atoms with Crippen molar-refractivity contribution in [2.75, 3.05) is 6.61 Å². The molecule has 2 atom stereocenters. The predicted octanol–water partition coefficient (Wildman–Crippen LogP) is 3.05. The van der Waals surface area contributed by atoms with Crippen molar-refractivity contribution in [3.63, 3.8) is 0 Å².